The van der Waals surface area contributed by atoms with Crippen molar-refractivity contribution < 1.29 is 14.9 Å². The zero-order chi connectivity index (χ0) is 7.78. The second kappa shape index (κ2) is 2.49. The van der Waals surface area contributed by atoms with Crippen LogP contribution in [0, 0.1) is 0 Å². The first-order valence-corrected chi connectivity index (χ1v) is 3.56. The molecule has 1 fully saturated rings. The summed E-state index contributed by atoms with van der Waals surface area (Å²) in [5.41, 5.74) is -0.961. The Hall–Kier alpha value is -0.120. The molecule has 1 aliphatic heterocycles. The van der Waals surface area contributed by atoms with Gasteiger partial charge >= 0.3 is 0 Å². The quantitative estimate of drug-likeness (QED) is 0.502. The molecule has 1 saturated heterocycles. The van der Waals surface area contributed by atoms with Crippen molar-refractivity contribution in [1.29, 1.82) is 0 Å². The molecule has 0 amide bonds. The summed E-state index contributed by atoms with van der Waals surface area (Å²) in [6, 6.07) is 0. The van der Waals surface area contributed by atoms with E-state index < -0.39 is 11.7 Å². The lowest BCUT2D eigenvalue weighted by Crippen LogP contribution is -2.51. The van der Waals surface area contributed by atoms with Crippen molar-refractivity contribution in [2.75, 3.05) is 6.61 Å². The van der Waals surface area contributed by atoms with Crippen LogP contribution in [0.3, 0.4) is 0 Å². The molecule has 0 saturated carbocycles. The number of hydrogen-bond acceptors (Lipinski definition) is 3. The lowest BCUT2D eigenvalue weighted by Gasteiger charge is -2.37. The van der Waals surface area contributed by atoms with Gasteiger partial charge in [-0.05, 0) is 13.8 Å². The van der Waals surface area contributed by atoms with Gasteiger partial charge in [-0.2, -0.15) is 0 Å². The van der Waals surface area contributed by atoms with Crippen molar-refractivity contribution in [2.45, 2.75) is 38.1 Å². The first kappa shape index (κ1) is 7.98. The molecule has 1 rings (SSSR count). The summed E-state index contributed by atoms with van der Waals surface area (Å²) in [5, 5.41) is 18.8. The predicted octanol–water partition coefficient (Wildman–Crippen LogP) is -0.0929. The van der Waals surface area contributed by atoms with E-state index in [1.807, 2.05) is 0 Å². The van der Waals surface area contributed by atoms with Gasteiger partial charge in [0.15, 0.2) is 0 Å². The average molecular weight is 146 g/mol. The van der Waals surface area contributed by atoms with E-state index in [0.29, 0.717) is 13.0 Å². The minimum Gasteiger partial charge on any atom is -0.387 e. The predicted molar refractivity (Wildman–Crippen MR) is 36.7 cm³/mol. The smallest absolute Gasteiger partial charge is 0.108 e. The van der Waals surface area contributed by atoms with E-state index in [0.717, 1.165) is 0 Å². The third-order valence-electron chi connectivity index (χ3n) is 2.07. The van der Waals surface area contributed by atoms with Gasteiger partial charge in [0.2, 0.25) is 0 Å². The molecule has 10 heavy (non-hydrogen) atoms. The first-order chi connectivity index (χ1) is 4.54. The van der Waals surface area contributed by atoms with E-state index >= 15 is 0 Å². The molecular weight excluding hydrogens is 132 g/mol. The molecule has 0 radical (unpaired) electrons. The zero-order valence-corrected chi connectivity index (χ0v) is 6.37. The second-order valence-corrected chi connectivity index (χ2v) is 3.13. The number of aliphatic hydroxyl groups is 2. The van der Waals surface area contributed by atoms with Crippen molar-refractivity contribution in [1.82, 2.24) is 0 Å². The normalized spacial score (nSPS) is 49.2. The Bertz CT molecular complexity index is 122. The summed E-state index contributed by atoms with van der Waals surface area (Å²) in [6.07, 6.45) is -0.483. The molecule has 0 aliphatic carbocycles. The molecule has 0 spiro atoms. The van der Waals surface area contributed by atoms with Crippen LogP contribution in [0.1, 0.15) is 20.3 Å². The molecule has 60 valence electrons. The molecule has 3 atom stereocenters. The molecule has 3 nitrogen and oxygen atoms in total. The Morgan fingerprint density at radius 2 is 2.20 bits per heavy atom. The van der Waals surface area contributed by atoms with Crippen molar-refractivity contribution in [3.63, 3.8) is 0 Å². The maximum absolute atomic E-state index is 9.48. The van der Waals surface area contributed by atoms with Gasteiger partial charge in [-0.3, -0.25) is 0 Å². The van der Waals surface area contributed by atoms with E-state index in [9.17, 15) is 10.2 Å². The Morgan fingerprint density at radius 3 is 2.60 bits per heavy atom. The molecule has 0 aromatic carbocycles. The monoisotopic (exact) mass is 146 g/mol. The van der Waals surface area contributed by atoms with E-state index in [4.69, 9.17) is 4.74 Å². The van der Waals surface area contributed by atoms with E-state index in [-0.39, 0.29) is 6.10 Å². The third-order valence-corrected chi connectivity index (χ3v) is 2.07. The van der Waals surface area contributed by atoms with Crippen LogP contribution >= 0.6 is 0 Å². The van der Waals surface area contributed by atoms with Crippen LogP contribution < -0.4 is 0 Å². The topological polar surface area (TPSA) is 49.7 Å². The largest absolute Gasteiger partial charge is 0.387 e. The van der Waals surface area contributed by atoms with Gasteiger partial charge in [-0.1, -0.05) is 0 Å². The minimum absolute atomic E-state index is 0.247. The fourth-order valence-corrected chi connectivity index (χ4v) is 1.20. The molecule has 1 heterocycles. The molecule has 0 aromatic heterocycles. The van der Waals surface area contributed by atoms with Crippen molar-refractivity contribution >= 4 is 0 Å². The van der Waals surface area contributed by atoms with Crippen molar-refractivity contribution in [2.24, 2.45) is 0 Å². The maximum atomic E-state index is 9.48. The standard InChI is InChI=1S/C7H14O3/c1-5-6(8)7(2,9)3-4-10-5/h5-6,8-9H,3-4H2,1-2H3/t5-,6?,7?/m0/s1. The van der Waals surface area contributed by atoms with Gasteiger partial charge in [-0.15, -0.1) is 0 Å². The first-order valence-electron chi connectivity index (χ1n) is 3.56. The lowest BCUT2D eigenvalue weighted by atomic mass is 9.90. The Balaban J connectivity index is 2.60. The highest BCUT2D eigenvalue weighted by molar-refractivity contribution is 4.88. The minimum atomic E-state index is -0.961. The second-order valence-electron chi connectivity index (χ2n) is 3.13. The van der Waals surface area contributed by atoms with Crippen molar-refractivity contribution in [3.05, 3.63) is 0 Å². The van der Waals surface area contributed by atoms with Gasteiger partial charge in [0.05, 0.1) is 11.7 Å². The fourth-order valence-electron chi connectivity index (χ4n) is 1.20. The average Bonchev–Trinajstić information content (AvgIpc) is 1.83. The third kappa shape index (κ3) is 1.31. The molecule has 0 bridgehead atoms. The van der Waals surface area contributed by atoms with Gasteiger partial charge in [0, 0.05) is 13.0 Å². The molecule has 3 heteroatoms. The van der Waals surface area contributed by atoms with E-state index in [1.165, 1.54) is 0 Å². The van der Waals surface area contributed by atoms with E-state index in [2.05, 4.69) is 0 Å². The lowest BCUT2D eigenvalue weighted by molar-refractivity contribution is -0.175. The summed E-state index contributed by atoms with van der Waals surface area (Å²) in [4.78, 5) is 0. The van der Waals surface area contributed by atoms with Crippen LogP contribution in [0.2, 0.25) is 0 Å². The summed E-state index contributed by atoms with van der Waals surface area (Å²) in [5.74, 6) is 0. The highest BCUT2D eigenvalue weighted by Crippen LogP contribution is 2.24. The highest BCUT2D eigenvalue weighted by Gasteiger charge is 2.38. The van der Waals surface area contributed by atoms with Crippen LogP contribution in [0.15, 0.2) is 0 Å². The molecular formula is C7H14O3. The number of rotatable bonds is 0. The number of aliphatic hydroxyl groups excluding tert-OH is 1. The van der Waals surface area contributed by atoms with Gasteiger partial charge in [-0.25, -0.2) is 0 Å². The van der Waals surface area contributed by atoms with Crippen LogP contribution in [0.25, 0.3) is 0 Å². The summed E-state index contributed by atoms with van der Waals surface area (Å²) >= 11 is 0. The summed E-state index contributed by atoms with van der Waals surface area (Å²) in [7, 11) is 0. The maximum Gasteiger partial charge on any atom is 0.108 e. The van der Waals surface area contributed by atoms with Crippen LogP contribution in [-0.2, 0) is 4.74 Å². The number of ether oxygens (including phenoxy) is 1. The van der Waals surface area contributed by atoms with Gasteiger partial charge < -0.3 is 14.9 Å². The Morgan fingerprint density at radius 1 is 1.60 bits per heavy atom. The number of hydrogen-bond donors (Lipinski definition) is 2. The molecule has 1 aliphatic rings. The summed E-state index contributed by atoms with van der Waals surface area (Å²) in [6.45, 7) is 3.93. The molecule has 0 aromatic rings. The molecule has 2 N–H and O–H groups in total. The van der Waals surface area contributed by atoms with Crippen molar-refractivity contribution in [3.8, 4) is 0 Å². The van der Waals surface area contributed by atoms with Crippen LogP contribution in [-0.4, -0.2) is 34.6 Å². The summed E-state index contributed by atoms with van der Waals surface area (Å²) < 4.78 is 5.12. The fraction of sp³-hybridized carbons (Fsp3) is 1.00. The molecule has 2 unspecified atom stereocenters. The SMILES string of the molecule is C[C@@H]1OCCC(C)(O)C1O. The van der Waals surface area contributed by atoms with E-state index in [1.54, 1.807) is 13.8 Å². The Kier molecular flexibility index (Phi) is 1.99. The Labute approximate surface area is 60.6 Å². The van der Waals surface area contributed by atoms with Gasteiger partial charge in [0.1, 0.15) is 6.10 Å². The van der Waals surface area contributed by atoms with Gasteiger partial charge in [0.25, 0.3) is 0 Å². The zero-order valence-electron chi connectivity index (χ0n) is 6.37. The van der Waals surface area contributed by atoms with Crippen LogP contribution in [0.4, 0.5) is 0 Å². The van der Waals surface area contributed by atoms with Crippen LogP contribution in [0.5, 0.6) is 0 Å². The highest BCUT2D eigenvalue weighted by atomic mass is 16.5.